The Kier molecular flexibility index (Phi) is 6.65. The number of anilines is 2. The van der Waals surface area contributed by atoms with E-state index in [0.717, 1.165) is 16.8 Å². The fourth-order valence-corrected chi connectivity index (χ4v) is 2.59. The number of hydrogen-bond acceptors (Lipinski definition) is 5. The zero-order valence-corrected chi connectivity index (χ0v) is 16.0. The molecule has 0 heterocycles. The van der Waals surface area contributed by atoms with Crippen LogP contribution in [0.25, 0.3) is 0 Å². The Morgan fingerprint density at radius 3 is 2.37 bits per heavy atom. The van der Waals surface area contributed by atoms with Crippen LogP contribution < -0.4 is 25.8 Å². The number of carbonyl (C=O) groups is 2. The van der Waals surface area contributed by atoms with Crippen LogP contribution in [0.15, 0.2) is 36.4 Å². The second kappa shape index (κ2) is 8.93. The molecule has 0 aliphatic heterocycles. The number of benzene rings is 2. The largest absolute Gasteiger partial charge is 0.493 e. The third kappa shape index (κ3) is 5.37. The van der Waals surface area contributed by atoms with Crippen molar-refractivity contribution in [2.75, 3.05) is 24.4 Å². The van der Waals surface area contributed by atoms with E-state index in [1.165, 1.54) is 7.11 Å². The standard InChI is InChI=1S/C20H25N3O4/c1-12-6-5-7-13(2)19(12)23-20(25)14(3)22-15-8-9-16(26-4)17(10-15)27-11-18(21)24/h5-10,14,22H,11H2,1-4H3,(H2,21,24)(H,23,25)/t14-/m1/s1. The van der Waals surface area contributed by atoms with Crippen molar-refractivity contribution in [3.63, 3.8) is 0 Å². The fourth-order valence-electron chi connectivity index (χ4n) is 2.59. The summed E-state index contributed by atoms with van der Waals surface area (Å²) >= 11 is 0. The van der Waals surface area contributed by atoms with Crippen LogP contribution in [-0.4, -0.2) is 31.6 Å². The van der Waals surface area contributed by atoms with Gasteiger partial charge >= 0.3 is 0 Å². The van der Waals surface area contributed by atoms with Crippen LogP contribution in [0.1, 0.15) is 18.1 Å². The van der Waals surface area contributed by atoms with Crippen LogP contribution in [0.4, 0.5) is 11.4 Å². The highest BCUT2D eigenvalue weighted by atomic mass is 16.5. The molecule has 2 aromatic carbocycles. The maximum atomic E-state index is 12.6. The molecular formula is C20H25N3O4. The minimum Gasteiger partial charge on any atom is -0.493 e. The lowest BCUT2D eigenvalue weighted by Crippen LogP contribution is -2.32. The summed E-state index contributed by atoms with van der Waals surface area (Å²) in [6.45, 7) is 5.40. The molecule has 7 nitrogen and oxygen atoms in total. The molecular weight excluding hydrogens is 346 g/mol. The Balaban J connectivity index is 2.10. The molecule has 0 aromatic heterocycles. The van der Waals surface area contributed by atoms with E-state index < -0.39 is 11.9 Å². The smallest absolute Gasteiger partial charge is 0.255 e. The highest BCUT2D eigenvalue weighted by Gasteiger charge is 2.16. The number of methoxy groups -OCH3 is 1. The number of nitrogens with one attached hydrogen (secondary N) is 2. The Hall–Kier alpha value is -3.22. The van der Waals surface area contributed by atoms with E-state index in [9.17, 15) is 9.59 Å². The first kappa shape index (κ1) is 20.1. The van der Waals surface area contributed by atoms with Crippen LogP contribution in [0, 0.1) is 13.8 Å². The lowest BCUT2D eigenvalue weighted by Gasteiger charge is -2.18. The average molecular weight is 371 g/mol. The van der Waals surface area contributed by atoms with Gasteiger partial charge in [-0.15, -0.1) is 0 Å². The molecule has 0 fully saturated rings. The summed E-state index contributed by atoms with van der Waals surface area (Å²) in [6, 6.07) is 10.5. The van der Waals surface area contributed by atoms with Crippen LogP contribution >= 0.6 is 0 Å². The molecule has 0 spiro atoms. The maximum absolute atomic E-state index is 12.6. The van der Waals surface area contributed by atoms with Gasteiger partial charge in [0, 0.05) is 17.4 Å². The Labute approximate surface area is 158 Å². The summed E-state index contributed by atoms with van der Waals surface area (Å²) in [4.78, 5) is 23.5. The van der Waals surface area contributed by atoms with E-state index in [0.29, 0.717) is 17.2 Å². The zero-order chi connectivity index (χ0) is 20.0. The number of hydrogen-bond donors (Lipinski definition) is 3. The van der Waals surface area contributed by atoms with Crippen LogP contribution in [0.5, 0.6) is 11.5 Å². The van der Waals surface area contributed by atoms with Gasteiger partial charge in [-0.25, -0.2) is 0 Å². The van der Waals surface area contributed by atoms with Gasteiger partial charge in [0.25, 0.3) is 5.91 Å². The van der Waals surface area contributed by atoms with Gasteiger partial charge in [-0.1, -0.05) is 18.2 Å². The third-order valence-corrected chi connectivity index (χ3v) is 4.04. The van der Waals surface area contributed by atoms with Gasteiger partial charge in [0.15, 0.2) is 18.1 Å². The highest BCUT2D eigenvalue weighted by molar-refractivity contribution is 5.97. The monoisotopic (exact) mass is 371 g/mol. The number of aryl methyl sites for hydroxylation is 2. The van der Waals surface area contributed by atoms with Gasteiger partial charge in [-0.3, -0.25) is 9.59 Å². The molecule has 2 amide bonds. The Bertz CT molecular complexity index is 816. The van der Waals surface area contributed by atoms with Gasteiger partial charge in [-0.2, -0.15) is 0 Å². The molecule has 0 bridgehead atoms. The summed E-state index contributed by atoms with van der Waals surface area (Å²) in [6.07, 6.45) is 0. The van der Waals surface area contributed by atoms with Crippen molar-refractivity contribution >= 4 is 23.2 Å². The summed E-state index contributed by atoms with van der Waals surface area (Å²) in [7, 11) is 1.50. The quantitative estimate of drug-likeness (QED) is 0.662. The molecule has 27 heavy (non-hydrogen) atoms. The minimum absolute atomic E-state index is 0.164. The van der Waals surface area contributed by atoms with Gasteiger partial charge < -0.3 is 25.8 Å². The summed E-state index contributed by atoms with van der Waals surface area (Å²) < 4.78 is 10.6. The molecule has 2 aromatic rings. The lowest BCUT2D eigenvalue weighted by atomic mass is 10.1. The Morgan fingerprint density at radius 2 is 1.78 bits per heavy atom. The first-order chi connectivity index (χ1) is 12.8. The second-order valence-electron chi connectivity index (χ2n) is 6.24. The summed E-state index contributed by atoms with van der Waals surface area (Å²) in [5.74, 6) is 0.0812. The number of para-hydroxylation sites is 1. The van der Waals surface area contributed by atoms with Gasteiger partial charge in [0.1, 0.15) is 6.04 Å². The van der Waals surface area contributed by atoms with Crippen molar-refractivity contribution < 1.29 is 19.1 Å². The van der Waals surface area contributed by atoms with E-state index in [1.54, 1.807) is 25.1 Å². The van der Waals surface area contributed by atoms with E-state index in [-0.39, 0.29) is 12.5 Å². The van der Waals surface area contributed by atoms with Gasteiger partial charge in [0.05, 0.1) is 7.11 Å². The van der Waals surface area contributed by atoms with E-state index in [2.05, 4.69) is 10.6 Å². The molecule has 0 radical (unpaired) electrons. The summed E-state index contributed by atoms with van der Waals surface area (Å²) in [5, 5.41) is 6.07. The van der Waals surface area contributed by atoms with Crippen molar-refractivity contribution in [3.05, 3.63) is 47.5 Å². The van der Waals surface area contributed by atoms with Crippen LogP contribution in [0.2, 0.25) is 0 Å². The fraction of sp³-hybridized carbons (Fsp3) is 0.300. The molecule has 0 aliphatic carbocycles. The molecule has 144 valence electrons. The van der Waals surface area contributed by atoms with Crippen molar-refractivity contribution in [3.8, 4) is 11.5 Å². The van der Waals surface area contributed by atoms with Crippen molar-refractivity contribution in [1.29, 1.82) is 0 Å². The van der Waals surface area contributed by atoms with Crippen molar-refractivity contribution in [2.45, 2.75) is 26.8 Å². The van der Waals surface area contributed by atoms with E-state index in [1.807, 2.05) is 32.0 Å². The molecule has 0 aliphatic rings. The number of ether oxygens (including phenoxy) is 2. The molecule has 0 saturated heterocycles. The summed E-state index contributed by atoms with van der Waals surface area (Å²) in [5.41, 5.74) is 8.59. The van der Waals surface area contributed by atoms with E-state index in [4.69, 9.17) is 15.2 Å². The Morgan fingerprint density at radius 1 is 1.11 bits per heavy atom. The van der Waals surface area contributed by atoms with Gasteiger partial charge in [-0.05, 0) is 44.0 Å². The number of carbonyl (C=O) groups excluding carboxylic acids is 2. The highest BCUT2D eigenvalue weighted by Crippen LogP contribution is 2.30. The van der Waals surface area contributed by atoms with Crippen molar-refractivity contribution in [2.24, 2.45) is 5.73 Å². The molecule has 0 unspecified atom stereocenters. The second-order valence-corrected chi connectivity index (χ2v) is 6.24. The van der Waals surface area contributed by atoms with Crippen molar-refractivity contribution in [1.82, 2.24) is 0 Å². The molecule has 7 heteroatoms. The number of nitrogens with two attached hydrogens (primary N) is 1. The SMILES string of the molecule is COc1ccc(N[C@H](C)C(=O)Nc2c(C)cccc2C)cc1OCC(N)=O. The number of amides is 2. The first-order valence-electron chi connectivity index (χ1n) is 8.54. The van der Waals surface area contributed by atoms with Crippen LogP contribution in [-0.2, 0) is 9.59 Å². The number of primary amides is 1. The predicted molar refractivity (Wildman–Crippen MR) is 105 cm³/mol. The normalized spacial score (nSPS) is 11.4. The predicted octanol–water partition coefficient (Wildman–Crippen LogP) is 2.62. The van der Waals surface area contributed by atoms with E-state index >= 15 is 0 Å². The first-order valence-corrected chi connectivity index (χ1v) is 8.54. The molecule has 1 atom stereocenters. The average Bonchev–Trinajstić information content (AvgIpc) is 2.63. The molecule has 4 N–H and O–H groups in total. The molecule has 2 rings (SSSR count). The zero-order valence-electron chi connectivity index (χ0n) is 16.0. The minimum atomic E-state index is -0.586. The lowest BCUT2D eigenvalue weighted by molar-refractivity contribution is -0.120. The molecule has 0 saturated carbocycles. The maximum Gasteiger partial charge on any atom is 0.255 e. The van der Waals surface area contributed by atoms with Gasteiger partial charge in [0.2, 0.25) is 5.91 Å². The number of rotatable bonds is 8. The third-order valence-electron chi connectivity index (χ3n) is 4.04. The topological polar surface area (TPSA) is 103 Å². The van der Waals surface area contributed by atoms with Crippen LogP contribution in [0.3, 0.4) is 0 Å².